The Hall–Kier alpha value is -1.07. The van der Waals surface area contributed by atoms with Crippen molar-refractivity contribution in [3.8, 4) is 0 Å². The molecule has 0 radical (unpaired) electrons. The minimum Gasteiger partial charge on any atom is -0.327 e. The molecule has 2 unspecified atom stereocenters. The zero-order valence-electron chi connectivity index (χ0n) is 9.22. The fraction of sp³-hybridized carbons (Fsp3) is 0.600. The number of anilines is 1. The van der Waals surface area contributed by atoms with E-state index < -0.39 is 0 Å². The fourth-order valence-corrected chi connectivity index (χ4v) is 2.01. The molecule has 1 saturated carbocycles. The molecule has 1 amide bonds. The molecule has 0 spiro atoms. The predicted molar refractivity (Wildman–Crippen MR) is 64.4 cm³/mol. The zero-order valence-corrected chi connectivity index (χ0v) is 10.0. The van der Waals surface area contributed by atoms with Crippen LogP contribution >= 0.6 is 12.4 Å². The van der Waals surface area contributed by atoms with E-state index in [0.29, 0.717) is 5.82 Å². The lowest BCUT2D eigenvalue weighted by molar-refractivity contribution is -0.120. The van der Waals surface area contributed by atoms with Crippen molar-refractivity contribution in [1.29, 1.82) is 0 Å². The zero-order chi connectivity index (χ0) is 10.8. The number of nitrogens with zero attached hydrogens (tertiary/aromatic N) is 2. The molecule has 90 valence electrons. The van der Waals surface area contributed by atoms with Crippen LogP contribution in [0, 0.1) is 5.92 Å². The van der Waals surface area contributed by atoms with E-state index >= 15 is 0 Å². The van der Waals surface area contributed by atoms with Gasteiger partial charge in [-0.1, -0.05) is 6.42 Å². The van der Waals surface area contributed by atoms with E-state index in [0.717, 1.165) is 19.3 Å². The van der Waals surface area contributed by atoms with Crippen LogP contribution in [0.4, 0.5) is 5.82 Å². The Morgan fingerprint density at radius 2 is 2.38 bits per heavy atom. The Balaban J connectivity index is 0.00000128. The first-order valence-corrected chi connectivity index (χ1v) is 5.23. The second-order valence-electron chi connectivity index (χ2n) is 4.07. The van der Waals surface area contributed by atoms with Crippen LogP contribution in [0.25, 0.3) is 0 Å². The van der Waals surface area contributed by atoms with Crippen LogP contribution in [-0.4, -0.2) is 21.7 Å². The smallest absolute Gasteiger partial charge is 0.230 e. The van der Waals surface area contributed by atoms with E-state index in [2.05, 4.69) is 10.4 Å². The number of aryl methyl sites for hydroxylation is 1. The first-order valence-electron chi connectivity index (χ1n) is 5.23. The summed E-state index contributed by atoms with van der Waals surface area (Å²) < 4.78 is 1.66. The molecular weight excluding hydrogens is 228 g/mol. The lowest BCUT2D eigenvalue weighted by Crippen LogP contribution is -2.34. The summed E-state index contributed by atoms with van der Waals surface area (Å²) in [5.41, 5.74) is 5.85. The number of aromatic nitrogens is 2. The molecule has 1 aliphatic rings. The third-order valence-electron chi connectivity index (χ3n) is 2.87. The van der Waals surface area contributed by atoms with Crippen molar-refractivity contribution in [2.45, 2.75) is 25.3 Å². The average molecular weight is 245 g/mol. The highest BCUT2D eigenvalue weighted by molar-refractivity contribution is 5.92. The normalized spacial score (nSPS) is 23.9. The van der Waals surface area contributed by atoms with Crippen molar-refractivity contribution in [1.82, 2.24) is 9.78 Å². The number of carbonyl (C=O) groups excluding carboxylic acids is 1. The van der Waals surface area contributed by atoms with Crippen molar-refractivity contribution < 1.29 is 4.79 Å². The minimum atomic E-state index is -0.0491. The third kappa shape index (κ3) is 2.74. The molecule has 2 rings (SSSR count). The summed E-state index contributed by atoms with van der Waals surface area (Å²) in [6, 6.07) is 1.78. The van der Waals surface area contributed by atoms with Gasteiger partial charge in [0.2, 0.25) is 5.91 Å². The maximum atomic E-state index is 11.8. The number of halogens is 1. The molecule has 5 nitrogen and oxygen atoms in total. The molecule has 0 aromatic carbocycles. The van der Waals surface area contributed by atoms with Gasteiger partial charge < -0.3 is 11.1 Å². The Morgan fingerprint density at radius 1 is 1.62 bits per heavy atom. The molecule has 3 N–H and O–H groups in total. The summed E-state index contributed by atoms with van der Waals surface area (Å²) in [5.74, 6) is 0.548. The Labute approximate surface area is 101 Å². The first kappa shape index (κ1) is 13.0. The van der Waals surface area contributed by atoms with E-state index in [4.69, 9.17) is 5.73 Å². The lowest BCUT2D eigenvalue weighted by Gasteiger charge is -2.13. The van der Waals surface area contributed by atoms with Crippen LogP contribution in [0.2, 0.25) is 0 Å². The Bertz CT molecular complexity index is 365. The van der Waals surface area contributed by atoms with E-state index in [1.54, 1.807) is 16.9 Å². The molecular formula is C10H17ClN4O. The molecule has 0 aliphatic heterocycles. The van der Waals surface area contributed by atoms with Gasteiger partial charge in [0.25, 0.3) is 0 Å². The number of rotatable bonds is 2. The van der Waals surface area contributed by atoms with Crippen LogP contribution in [0.1, 0.15) is 19.3 Å². The van der Waals surface area contributed by atoms with Crippen molar-refractivity contribution in [2.75, 3.05) is 5.32 Å². The Kier molecular flexibility index (Phi) is 4.32. The van der Waals surface area contributed by atoms with Crippen LogP contribution < -0.4 is 11.1 Å². The third-order valence-corrected chi connectivity index (χ3v) is 2.87. The molecule has 6 heteroatoms. The van der Waals surface area contributed by atoms with Gasteiger partial charge in [0.05, 0.1) is 5.92 Å². The summed E-state index contributed by atoms with van der Waals surface area (Å²) >= 11 is 0. The number of amides is 1. The van der Waals surface area contributed by atoms with Crippen LogP contribution in [0.5, 0.6) is 0 Å². The Morgan fingerprint density at radius 3 is 2.88 bits per heavy atom. The number of nitrogens with one attached hydrogen (secondary N) is 1. The second kappa shape index (κ2) is 5.32. The maximum absolute atomic E-state index is 11.8. The fourth-order valence-electron chi connectivity index (χ4n) is 2.01. The quantitative estimate of drug-likeness (QED) is 0.812. The monoisotopic (exact) mass is 244 g/mol. The molecule has 2 atom stereocenters. The molecule has 1 aromatic heterocycles. The van der Waals surface area contributed by atoms with Gasteiger partial charge in [-0.05, 0) is 12.8 Å². The summed E-state index contributed by atoms with van der Waals surface area (Å²) in [6.45, 7) is 0. The molecule has 1 aromatic rings. The summed E-state index contributed by atoms with van der Waals surface area (Å²) in [5, 5.41) is 6.88. The van der Waals surface area contributed by atoms with Gasteiger partial charge in [-0.25, -0.2) is 0 Å². The SMILES string of the molecule is Cl.Cn1ccc(NC(=O)C2CCCC2N)n1. The van der Waals surface area contributed by atoms with Gasteiger partial charge in [-0.2, -0.15) is 5.10 Å². The lowest BCUT2D eigenvalue weighted by atomic mass is 10.0. The van der Waals surface area contributed by atoms with Gasteiger partial charge in [0, 0.05) is 25.4 Å². The largest absolute Gasteiger partial charge is 0.327 e. The standard InChI is InChI=1S/C10H16N4O.ClH/c1-14-6-5-9(13-14)12-10(15)7-3-2-4-8(7)11;/h5-8H,2-4,11H2,1H3,(H,12,13,15);1H. The highest BCUT2D eigenvalue weighted by Crippen LogP contribution is 2.24. The van der Waals surface area contributed by atoms with Crippen LogP contribution in [0.15, 0.2) is 12.3 Å². The second-order valence-corrected chi connectivity index (χ2v) is 4.07. The van der Waals surface area contributed by atoms with E-state index in [1.807, 2.05) is 7.05 Å². The van der Waals surface area contributed by atoms with E-state index in [-0.39, 0.29) is 30.3 Å². The van der Waals surface area contributed by atoms with E-state index in [9.17, 15) is 4.79 Å². The number of hydrogen-bond donors (Lipinski definition) is 2. The molecule has 0 bridgehead atoms. The molecule has 1 heterocycles. The van der Waals surface area contributed by atoms with Crippen molar-refractivity contribution in [2.24, 2.45) is 18.7 Å². The number of hydrogen-bond acceptors (Lipinski definition) is 3. The highest BCUT2D eigenvalue weighted by atomic mass is 35.5. The van der Waals surface area contributed by atoms with Crippen molar-refractivity contribution in [3.63, 3.8) is 0 Å². The van der Waals surface area contributed by atoms with Crippen LogP contribution in [-0.2, 0) is 11.8 Å². The van der Waals surface area contributed by atoms with Crippen LogP contribution in [0.3, 0.4) is 0 Å². The number of carbonyl (C=O) groups is 1. The van der Waals surface area contributed by atoms with Crippen molar-refractivity contribution in [3.05, 3.63) is 12.3 Å². The minimum absolute atomic E-state index is 0. The van der Waals surface area contributed by atoms with Gasteiger partial charge in [0.1, 0.15) is 0 Å². The molecule has 1 aliphatic carbocycles. The summed E-state index contributed by atoms with van der Waals surface area (Å²) in [7, 11) is 1.82. The molecule has 16 heavy (non-hydrogen) atoms. The highest BCUT2D eigenvalue weighted by Gasteiger charge is 2.30. The summed E-state index contributed by atoms with van der Waals surface area (Å²) in [6.07, 6.45) is 4.67. The maximum Gasteiger partial charge on any atom is 0.230 e. The number of nitrogens with two attached hydrogens (primary N) is 1. The first-order chi connectivity index (χ1) is 7.16. The average Bonchev–Trinajstić information content (AvgIpc) is 2.75. The van der Waals surface area contributed by atoms with Gasteiger partial charge >= 0.3 is 0 Å². The molecule has 1 fully saturated rings. The van der Waals surface area contributed by atoms with Gasteiger partial charge in [-0.15, -0.1) is 12.4 Å². The van der Waals surface area contributed by atoms with Crippen molar-refractivity contribution >= 4 is 24.1 Å². The van der Waals surface area contributed by atoms with Gasteiger partial charge in [-0.3, -0.25) is 9.48 Å². The van der Waals surface area contributed by atoms with Gasteiger partial charge in [0.15, 0.2) is 5.82 Å². The van der Waals surface area contributed by atoms with E-state index in [1.165, 1.54) is 0 Å². The summed E-state index contributed by atoms with van der Waals surface area (Å²) in [4.78, 5) is 11.8. The topological polar surface area (TPSA) is 72.9 Å². The predicted octanol–water partition coefficient (Wildman–Crippen LogP) is 0.908. The molecule has 0 saturated heterocycles.